The molecule has 2 rings (SSSR count). The van der Waals surface area contributed by atoms with Crippen molar-refractivity contribution in [3.05, 3.63) is 40.5 Å². The van der Waals surface area contributed by atoms with Gasteiger partial charge in [-0.25, -0.2) is 4.98 Å². The van der Waals surface area contributed by atoms with E-state index in [9.17, 15) is 4.79 Å². The summed E-state index contributed by atoms with van der Waals surface area (Å²) >= 11 is 3.33. The molecule has 1 radical (unpaired) electrons. The summed E-state index contributed by atoms with van der Waals surface area (Å²) in [7, 11) is 0. The van der Waals surface area contributed by atoms with Crippen LogP contribution in [0.15, 0.2) is 28.7 Å². The zero-order valence-corrected chi connectivity index (χ0v) is 8.71. The number of halogens is 1. The van der Waals surface area contributed by atoms with Gasteiger partial charge in [0.2, 0.25) is 0 Å². The molecular weight excluding hydrogens is 244 g/mol. The number of aromatic nitrogens is 1. The number of benzene rings is 1. The summed E-state index contributed by atoms with van der Waals surface area (Å²) in [5.74, 6) is -0.525. The van der Waals surface area contributed by atoms with E-state index in [1.165, 1.54) is 0 Å². The van der Waals surface area contributed by atoms with Gasteiger partial charge in [-0.05, 0) is 18.2 Å². The lowest BCUT2D eigenvalue weighted by atomic mass is 10.2. The first-order valence-corrected chi connectivity index (χ1v) is 4.74. The van der Waals surface area contributed by atoms with E-state index < -0.39 is 5.91 Å². The van der Waals surface area contributed by atoms with Crippen molar-refractivity contribution >= 4 is 32.7 Å². The third-order valence-electron chi connectivity index (χ3n) is 1.82. The topological polar surface area (TPSA) is 56.0 Å². The van der Waals surface area contributed by atoms with Gasteiger partial charge in [0.05, 0.1) is 5.52 Å². The fourth-order valence-corrected chi connectivity index (χ4v) is 1.53. The number of primary amides is 1. The molecule has 0 saturated carbocycles. The largest absolute Gasteiger partial charge is 0.364 e. The summed E-state index contributed by atoms with van der Waals surface area (Å²) < 4.78 is 0.929. The van der Waals surface area contributed by atoms with Gasteiger partial charge in [-0.3, -0.25) is 4.79 Å². The Morgan fingerprint density at radius 2 is 2.29 bits per heavy atom. The summed E-state index contributed by atoms with van der Waals surface area (Å²) in [6.45, 7) is 0. The Labute approximate surface area is 89.1 Å². The molecule has 3 nitrogen and oxygen atoms in total. The molecule has 0 unspecified atom stereocenters. The third-order valence-corrected chi connectivity index (χ3v) is 2.28. The zero-order valence-electron chi connectivity index (χ0n) is 7.12. The molecule has 2 N–H and O–H groups in total. The van der Waals surface area contributed by atoms with E-state index >= 15 is 0 Å². The molecule has 14 heavy (non-hydrogen) atoms. The summed E-state index contributed by atoms with van der Waals surface area (Å²) in [4.78, 5) is 14.9. The first-order valence-electron chi connectivity index (χ1n) is 3.94. The van der Waals surface area contributed by atoms with Crippen molar-refractivity contribution in [2.75, 3.05) is 0 Å². The second kappa shape index (κ2) is 3.38. The van der Waals surface area contributed by atoms with Crippen LogP contribution in [0.2, 0.25) is 0 Å². The van der Waals surface area contributed by atoms with Crippen molar-refractivity contribution in [2.45, 2.75) is 0 Å². The summed E-state index contributed by atoms with van der Waals surface area (Å²) in [6, 6.07) is 10.0. The fourth-order valence-electron chi connectivity index (χ4n) is 1.17. The number of amides is 1. The van der Waals surface area contributed by atoms with Crippen LogP contribution in [0.1, 0.15) is 10.5 Å². The van der Waals surface area contributed by atoms with Crippen molar-refractivity contribution in [1.82, 2.24) is 4.98 Å². The lowest BCUT2D eigenvalue weighted by Crippen LogP contribution is -2.12. The SMILES string of the molecule is NC(=O)c1ccc2cc(Br)c[c]c2n1. The maximum atomic E-state index is 10.8. The molecule has 0 bridgehead atoms. The standard InChI is InChI=1S/C10H6BrN2O/c11-7-2-4-8-6(5-7)1-3-9(13-8)10(12)14/h1-3,5H,(H2,12,14). The Morgan fingerprint density at radius 3 is 3.00 bits per heavy atom. The number of rotatable bonds is 1. The fraction of sp³-hybridized carbons (Fsp3) is 0. The number of hydrogen-bond acceptors (Lipinski definition) is 2. The molecule has 1 amide bonds. The summed E-state index contributed by atoms with van der Waals surface area (Å²) in [5.41, 5.74) is 6.01. The van der Waals surface area contributed by atoms with Gasteiger partial charge in [0.25, 0.3) is 5.91 Å². The van der Waals surface area contributed by atoms with Crippen molar-refractivity contribution in [3.8, 4) is 0 Å². The highest BCUT2D eigenvalue weighted by atomic mass is 79.9. The molecule has 0 saturated heterocycles. The van der Waals surface area contributed by atoms with Gasteiger partial charge in [0.1, 0.15) is 5.69 Å². The normalized spacial score (nSPS) is 10.4. The lowest BCUT2D eigenvalue weighted by Gasteiger charge is -1.99. The Kier molecular flexibility index (Phi) is 2.21. The van der Waals surface area contributed by atoms with Crippen LogP contribution in [0.3, 0.4) is 0 Å². The number of nitrogens with zero attached hydrogens (tertiary/aromatic N) is 1. The van der Waals surface area contributed by atoms with E-state index in [-0.39, 0.29) is 5.69 Å². The van der Waals surface area contributed by atoms with Crippen molar-refractivity contribution in [3.63, 3.8) is 0 Å². The van der Waals surface area contributed by atoms with Gasteiger partial charge in [-0.15, -0.1) is 0 Å². The van der Waals surface area contributed by atoms with Crippen LogP contribution in [0.4, 0.5) is 0 Å². The molecule has 0 fully saturated rings. The second-order valence-corrected chi connectivity index (χ2v) is 3.73. The van der Waals surface area contributed by atoms with E-state index in [1.807, 2.05) is 6.07 Å². The number of carbonyl (C=O) groups excluding carboxylic acids is 1. The van der Waals surface area contributed by atoms with Gasteiger partial charge < -0.3 is 5.73 Å². The average molecular weight is 250 g/mol. The van der Waals surface area contributed by atoms with E-state index in [0.717, 1.165) is 9.86 Å². The van der Waals surface area contributed by atoms with Gasteiger partial charge in [-0.2, -0.15) is 0 Å². The average Bonchev–Trinajstić information content (AvgIpc) is 2.16. The zero-order chi connectivity index (χ0) is 10.1. The number of carbonyl (C=O) groups is 1. The Morgan fingerprint density at radius 1 is 1.50 bits per heavy atom. The minimum atomic E-state index is -0.525. The van der Waals surface area contributed by atoms with Crippen LogP contribution in [0.5, 0.6) is 0 Å². The van der Waals surface area contributed by atoms with Crippen LogP contribution in [0, 0.1) is 6.07 Å². The van der Waals surface area contributed by atoms with Crippen LogP contribution in [-0.2, 0) is 0 Å². The van der Waals surface area contributed by atoms with Gasteiger partial charge >= 0.3 is 0 Å². The highest BCUT2D eigenvalue weighted by molar-refractivity contribution is 9.10. The molecule has 1 heterocycles. The van der Waals surface area contributed by atoms with Gasteiger partial charge in [-0.1, -0.05) is 22.0 Å². The predicted molar refractivity (Wildman–Crippen MR) is 56.8 cm³/mol. The molecule has 0 spiro atoms. The smallest absolute Gasteiger partial charge is 0.267 e. The highest BCUT2D eigenvalue weighted by Gasteiger charge is 2.03. The molecule has 2 aromatic rings. The Bertz CT molecular complexity index is 510. The predicted octanol–water partition coefficient (Wildman–Crippen LogP) is 1.90. The molecule has 1 aromatic heterocycles. The molecule has 0 aliphatic rings. The van der Waals surface area contributed by atoms with Gasteiger partial charge in [0, 0.05) is 15.9 Å². The minimum absolute atomic E-state index is 0.260. The summed E-state index contributed by atoms with van der Waals surface area (Å²) in [5, 5.41) is 0.921. The Hall–Kier alpha value is -1.42. The summed E-state index contributed by atoms with van der Waals surface area (Å²) in [6.07, 6.45) is 0. The van der Waals surface area contributed by atoms with Crippen molar-refractivity contribution in [2.24, 2.45) is 5.73 Å². The highest BCUT2D eigenvalue weighted by Crippen LogP contribution is 2.17. The quantitative estimate of drug-likeness (QED) is 0.840. The molecule has 4 heteroatoms. The van der Waals surface area contributed by atoms with Crippen LogP contribution < -0.4 is 5.73 Å². The number of nitrogens with two attached hydrogens (primary N) is 1. The third kappa shape index (κ3) is 1.61. The Balaban J connectivity index is 2.67. The first kappa shape index (κ1) is 9.15. The first-order chi connectivity index (χ1) is 6.66. The number of hydrogen-bond donors (Lipinski definition) is 1. The second-order valence-electron chi connectivity index (χ2n) is 2.82. The maximum absolute atomic E-state index is 10.8. The van der Waals surface area contributed by atoms with E-state index in [0.29, 0.717) is 5.52 Å². The number of pyridine rings is 1. The molecule has 1 aromatic carbocycles. The molecular formula is C10H6BrN2O. The molecule has 0 atom stereocenters. The van der Waals surface area contributed by atoms with E-state index in [2.05, 4.69) is 27.0 Å². The minimum Gasteiger partial charge on any atom is -0.364 e. The maximum Gasteiger partial charge on any atom is 0.267 e. The van der Waals surface area contributed by atoms with Crippen LogP contribution >= 0.6 is 15.9 Å². The van der Waals surface area contributed by atoms with Crippen molar-refractivity contribution < 1.29 is 4.79 Å². The molecule has 69 valence electrons. The monoisotopic (exact) mass is 249 g/mol. The van der Waals surface area contributed by atoms with Crippen LogP contribution in [-0.4, -0.2) is 10.9 Å². The van der Waals surface area contributed by atoms with Gasteiger partial charge in [0.15, 0.2) is 0 Å². The van der Waals surface area contributed by atoms with E-state index in [4.69, 9.17) is 5.73 Å². The number of fused-ring (bicyclic) bond motifs is 1. The molecule has 0 aliphatic carbocycles. The van der Waals surface area contributed by atoms with Crippen LogP contribution in [0.25, 0.3) is 10.9 Å². The van der Waals surface area contributed by atoms with E-state index in [1.54, 1.807) is 18.2 Å². The lowest BCUT2D eigenvalue weighted by molar-refractivity contribution is 0.0996. The molecule has 0 aliphatic heterocycles. The van der Waals surface area contributed by atoms with Crippen molar-refractivity contribution in [1.29, 1.82) is 0 Å².